The predicted molar refractivity (Wildman–Crippen MR) is 109 cm³/mol. The molecule has 1 saturated heterocycles. The van der Waals surface area contributed by atoms with Crippen molar-refractivity contribution in [3.8, 4) is 0 Å². The Balaban J connectivity index is 1.56. The quantitative estimate of drug-likeness (QED) is 0.356. The van der Waals surface area contributed by atoms with Crippen LogP contribution in [-0.4, -0.2) is 46.7 Å². The van der Waals surface area contributed by atoms with Gasteiger partial charge in [0.25, 0.3) is 11.4 Å². The Morgan fingerprint density at radius 1 is 0.875 bits per heavy atom. The molecule has 0 saturated carbocycles. The van der Waals surface area contributed by atoms with Gasteiger partial charge in [0.1, 0.15) is 12.7 Å². The first-order chi connectivity index (χ1) is 15.2. The molecule has 3 rings (SSSR count). The predicted octanol–water partition coefficient (Wildman–Crippen LogP) is 3.31. The zero-order valence-electron chi connectivity index (χ0n) is 17.2. The van der Waals surface area contributed by atoms with E-state index in [-0.39, 0.29) is 35.0 Å². The highest BCUT2D eigenvalue weighted by atomic mass is 16.6. The molecule has 1 heterocycles. The maximum absolute atomic E-state index is 12.4. The van der Waals surface area contributed by atoms with Gasteiger partial charge in [0.05, 0.1) is 33.2 Å². The maximum atomic E-state index is 12.4. The molecular formula is C21H20N2O9. The molecule has 1 aliphatic heterocycles. The smallest absolute Gasteiger partial charge is 0.338 e. The average Bonchev–Trinajstić information content (AvgIpc) is 3.05. The highest BCUT2D eigenvalue weighted by Crippen LogP contribution is 2.30. The second-order valence-electron chi connectivity index (χ2n) is 7.32. The van der Waals surface area contributed by atoms with Crippen molar-refractivity contribution in [2.75, 3.05) is 6.61 Å². The average molecular weight is 444 g/mol. The van der Waals surface area contributed by atoms with Crippen LogP contribution in [0, 0.1) is 26.1 Å². The Kier molecular flexibility index (Phi) is 6.79. The first-order valence-corrected chi connectivity index (χ1v) is 9.70. The molecule has 11 nitrogen and oxygen atoms in total. The summed E-state index contributed by atoms with van der Waals surface area (Å²) in [6.07, 6.45) is -1.60. The third kappa shape index (κ3) is 5.06. The van der Waals surface area contributed by atoms with E-state index in [1.54, 1.807) is 13.8 Å². The minimum atomic E-state index is -0.658. The van der Waals surface area contributed by atoms with E-state index in [4.69, 9.17) is 14.2 Å². The van der Waals surface area contributed by atoms with Crippen molar-refractivity contribution in [3.63, 3.8) is 0 Å². The fourth-order valence-corrected chi connectivity index (χ4v) is 3.38. The Morgan fingerprint density at radius 2 is 1.34 bits per heavy atom. The summed E-state index contributed by atoms with van der Waals surface area (Å²) < 4.78 is 16.6. The zero-order chi connectivity index (χ0) is 23.4. The third-order valence-corrected chi connectivity index (χ3v) is 5.21. The SMILES string of the molecule is C[C@H]1[C@@H](OC(=O)c2ccc([N+](=O)[O-])cc2)[C@H](C)O[C@@H]1COC(=O)c1ccc([N+](=O)[O-])cc1. The van der Waals surface area contributed by atoms with Crippen molar-refractivity contribution in [2.45, 2.75) is 32.2 Å². The summed E-state index contributed by atoms with van der Waals surface area (Å²) in [5.41, 5.74) is 0.0571. The van der Waals surface area contributed by atoms with Crippen LogP contribution in [0.25, 0.3) is 0 Å². The molecule has 0 amide bonds. The van der Waals surface area contributed by atoms with Gasteiger partial charge in [0, 0.05) is 30.2 Å². The number of non-ortho nitro benzene ring substituents is 2. The fraction of sp³-hybridized carbons (Fsp3) is 0.333. The van der Waals surface area contributed by atoms with E-state index >= 15 is 0 Å². The number of hydrogen-bond donors (Lipinski definition) is 0. The Labute approximate surface area is 182 Å². The van der Waals surface area contributed by atoms with Crippen molar-refractivity contribution < 1.29 is 33.6 Å². The zero-order valence-corrected chi connectivity index (χ0v) is 17.2. The van der Waals surface area contributed by atoms with Gasteiger partial charge in [-0.3, -0.25) is 20.2 Å². The van der Waals surface area contributed by atoms with Gasteiger partial charge in [0.15, 0.2) is 0 Å². The third-order valence-electron chi connectivity index (χ3n) is 5.21. The van der Waals surface area contributed by atoms with Gasteiger partial charge in [0.2, 0.25) is 0 Å². The summed E-state index contributed by atoms with van der Waals surface area (Å²) in [5.74, 6) is -1.60. The molecule has 2 aromatic carbocycles. The van der Waals surface area contributed by atoms with E-state index in [2.05, 4.69) is 0 Å². The van der Waals surface area contributed by atoms with Crippen LogP contribution in [0.5, 0.6) is 0 Å². The highest BCUT2D eigenvalue weighted by molar-refractivity contribution is 5.90. The number of esters is 2. The molecular weight excluding hydrogens is 424 g/mol. The molecule has 0 bridgehead atoms. The topological polar surface area (TPSA) is 148 Å². The number of rotatable bonds is 7. The second-order valence-corrected chi connectivity index (χ2v) is 7.32. The monoisotopic (exact) mass is 444 g/mol. The van der Waals surface area contributed by atoms with E-state index in [9.17, 15) is 29.8 Å². The highest BCUT2D eigenvalue weighted by Gasteiger charge is 2.42. The van der Waals surface area contributed by atoms with Crippen LogP contribution in [-0.2, 0) is 14.2 Å². The molecule has 4 atom stereocenters. The Hall–Kier alpha value is -3.86. The van der Waals surface area contributed by atoms with Gasteiger partial charge >= 0.3 is 11.9 Å². The van der Waals surface area contributed by atoms with Crippen molar-refractivity contribution in [2.24, 2.45) is 5.92 Å². The Morgan fingerprint density at radius 3 is 1.81 bits per heavy atom. The number of carbonyl (C=O) groups excluding carboxylic acids is 2. The molecule has 32 heavy (non-hydrogen) atoms. The lowest BCUT2D eigenvalue weighted by molar-refractivity contribution is -0.385. The molecule has 1 aliphatic rings. The maximum Gasteiger partial charge on any atom is 0.338 e. The van der Waals surface area contributed by atoms with Crippen molar-refractivity contribution in [3.05, 3.63) is 79.9 Å². The van der Waals surface area contributed by atoms with Crippen LogP contribution < -0.4 is 0 Å². The second kappa shape index (κ2) is 9.52. The summed E-state index contributed by atoms with van der Waals surface area (Å²) in [7, 11) is 0. The van der Waals surface area contributed by atoms with Gasteiger partial charge in [-0.2, -0.15) is 0 Å². The molecule has 0 N–H and O–H groups in total. The van der Waals surface area contributed by atoms with E-state index < -0.39 is 40.1 Å². The van der Waals surface area contributed by atoms with E-state index in [1.807, 2.05) is 0 Å². The van der Waals surface area contributed by atoms with Gasteiger partial charge in [-0.25, -0.2) is 9.59 Å². The lowest BCUT2D eigenvalue weighted by Gasteiger charge is -2.20. The van der Waals surface area contributed by atoms with Gasteiger partial charge in [-0.15, -0.1) is 0 Å². The van der Waals surface area contributed by atoms with Crippen molar-refractivity contribution in [1.82, 2.24) is 0 Å². The number of benzene rings is 2. The molecule has 0 aromatic heterocycles. The van der Waals surface area contributed by atoms with Gasteiger partial charge in [-0.05, 0) is 31.2 Å². The van der Waals surface area contributed by atoms with Gasteiger partial charge < -0.3 is 14.2 Å². The normalized spacial score (nSPS) is 22.2. The molecule has 2 aromatic rings. The molecule has 11 heteroatoms. The van der Waals surface area contributed by atoms with Crippen LogP contribution in [0.4, 0.5) is 11.4 Å². The van der Waals surface area contributed by atoms with Crippen LogP contribution in [0.1, 0.15) is 34.6 Å². The number of nitrogens with zero attached hydrogens (tertiary/aromatic N) is 2. The molecule has 168 valence electrons. The van der Waals surface area contributed by atoms with E-state index in [1.165, 1.54) is 48.5 Å². The number of carbonyl (C=O) groups is 2. The van der Waals surface area contributed by atoms with Crippen molar-refractivity contribution in [1.29, 1.82) is 0 Å². The molecule has 0 spiro atoms. The molecule has 0 radical (unpaired) electrons. The first-order valence-electron chi connectivity index (χ1n) is 9.70. The first kappa shape index (κ1) is 22.8. The van der Waals surface area contributed by atoms with Crippen LogP contribution in [0.2, 0.25) is 0 Å². The summed E-state index contributed by atoms with van der Waals surface area (Å²) in [5, 5.41) is 21.4. The lowest BCUT2D eigenvalue weighted by Crippen LogP contribution is -2.31. The fourth-order valence-electron chi connectivity index (χ4n) is 3.38. The number of hydrogen-bond acceptors (Lipinski definition) is 9. The Bertz CT molecular complexity index is 1020. The van der Waals surface area contributed by atoms with Crippen LogP contribution in [0.3, 0.4) is 0 Å². The molecule has 0 unspecified atom stereocenters. The van der Waals surface area contributed by atoms with E-state index in [0.717, 1.165) is 0 Å². The van der Waals surface area contributed by atoms with Gasteiger partial charge in [-0.1, -0.05) is 6.92 Å². The summed E-state index contributed by atoms with van der Waals surface area (Å²) in [6.45, 7) is 3.43. The summed E-state index contributed by atoms with van der Waals surface area (Å²) in [4.78, 5) is 44.9. The number of nitro groups is 2. The number of ether oxygens (including phenoxy) is 3. The number of nitro benzene ring substituents is 2. The summed E-state index contributed by atoms with van der Waals surface area (Å²) >= 11 is 0. The molecule has 0 aliphatic carbocycles. The largest absolute Gasteiger partial charge is 0.459 e. The van der Waals surface area contributed by atoms with Crippen molar-refractivity contribution >= 4 is 23.3 Å². The lowest BCUT2D eigenvalue weighted by atomic mass is 9.99. The minimum absolute atomic E-state index is 0.0904. The minimum Gasteiger partial charge on any atom is -0.459 e. The van der Waals surface area contributed by atoms with E-state index in [0.29, 0.717) is 0 Å². The molecule has 1 fully saturated rings. The van der Waals surface area contributed by atoms with Crippen LogP contribution in [0.15, 0.2) is 48.5 Å². The standard InChI is InChI=1S/C21H20N2O9/c1-12-18(11-30-20(24)14-3-7-16(8-4-14)22(26)27)31-13(2)19(12)32-21(25)15-5-9-17(10-6-15)23(28)29/h3-10,12-13,18-19H,11H2,1-2H3/t12-,13+,18-,19-/m1/s1. The van der Waals surface area contributed by atoms with Crippen LogP contribution >= 0.6 is 0 Å². The summed E-state index contributed by atoms with van der Waals surface area (Å²) in [6, 6.07) is 10.1.